The first-order valence-electron chi connectivity index (χ1n) is 6.80. The Hall–Kier alpha value is -2.06. The Labute approximate surface area is 119 Å². The van der Waals surface area contributed by atoms with Gasteiger partial charge in [0.15, 0.2) is 0 Å². The number of anilines is 1. The van der Waals surface area contributed by atoms with Gasteiger partial charge in [-0.25, -0.2) is 0 Å². The Balaban J connectivity index is 0.000000956. The summed E-state index contributed by atoms with van der Waals surface area (Å²) in [7, 11) is 1.83. The van der Waals surface area contributed by atoms with Gasteiger partial charge in [0.2, 0.25) is 5.91 Å². The lowest BCUT2D eigenvalue weighted by molar-refractivity contribution is -0.119. The summed E-state index contributed by atoms with van der Waals surface area (Å²) >= 11 is 0. The van der Waals surface area contributed by atoms with Crippen molar-refractivity contribution in [1.82, 2.24) is 4.90 Å². The lowest BCUT2D eigenvalue weighted by atomic mass is 10.1. The second kappa shape index (κ2) is 7.51. The molecular formula is C15H21N3O2. The Morgan fingerprint density at radius 2 is 2.10 bits per heavy atom. The maximum absolute atomic E-state index is 12.0. The van der Waals surface area contributed by atoms with Crippen LogP contribution in [-0.2, 0) is 4.79 Å². The number of phenols is 1. The zero-order chi connectivity index (χ0) is 15.1. The highest BCUT2D eigenvalue weighted by molar-refractivity contribution is 5.94. The molecule has 1 fully saturated rings. The third-order valence-corrected chi connectivity index (χ3v) is 3.23. The first-order chi connectivity index (χ1) is 9.61. The van der Waals surface area contributed by atoms with E-state index in [-0.39, 0.29) is 23.6 Å². The van der Waals surface area contributed by atoms with Crippen LogP contribution < -0.4 is 5.32 Å². The smallest absolute Gasteiger partial charge is 0.228 e. The summed E-state index contributed by atoms with van der Waals surface area (Å²) in [5.41, 5.74) is 0.408. The SMILES string of the molecule is CC.CN1CC(C(=O)Nc2ccccc2O)CC1C#N. The molecule has 0 bridgehead atoms. The Morgan fingerprint density at radius 1 is 1.45 bits per heavy atom. The minimum Gasteiger partial charge on any atom is -0.506 e. The molecule has 1 aromatic carbocycles. The maximum atomic E-state index is 12.0. The van der Waals surface area contributed by atoms with Crippen LogP contribution in [-0.4, -0.2) is 35.5 Å². The van der Waals surface area contributed by atoms with Crippen LogP contribution in [0.2, 0.25) is 0 Å². The number of hydrogen-bond acceptors (Lipinski definition) is 4. The fourth-order valence-corrected chi connectivity index (χ4v) is 2.15. The number of carbonyl (C=O) groups excluding carboxylic acids is 1. The molecule has 2 atom stereocenters. The summed E-state index contributed by atoms with van der Waals surface area (Å²) in [5.74, 6) is -0.311. The van der Waals surface area contributed by atoms with E-state index in [9.17, 15) is 9.90 Å². The van der Waals surface area contributed by atoms with Crippen LogP contribution in [0.15, 0.2) is 24.3 Å². The van der Waals surface area contributed by atoms with Crippen LogP contribution in [0.1, 0.15) is 20.3 Å². The summed E-state index contributed by atoms with van der Waals surface area (Å²) in [6, 6.07) is 8.57. The van der Waals surface area contributed by atoms with Gasteiger partial charge in [-0.15, -0.1) is 0 Å². The molecule has 2 N–H and O–H groups in total. The number of para-hydroxylation sites is 2. The molecule has 108 valence electrons. The van der Waals surface area contributed by atoms with Gasteiger partial charge < -0.3 is 10.4 Å². The van der Waals surface area contributed by atoms with E-state index in [4.69, 9.17) is 5.26 Å². The molecule has 2 unspecified atom stereocenters. The number of nitrogens with one attached hydrogen (secondary N) is 1. The average molecular weight is 275 g/mol. The van der Waals surface area contributed by atoms with Gasteiger partial charge in [-0.2, -0.15) is 5.26 Å². The fraction of sp³-hybridized carbons (Fsp3) is 0.467. The second-order valence-corrected chi connectivity index (χ2v) is 4.52. The van der Waals surface area contributed by atoms with Gasteiger partial charge in [0.05, 0.1) is 23.7 Å². The third-order valence-electron chi connectivity index (χ3n) is 3.23. The number of likely N-dealkylation sites (tertiary alicyclic amines) is 1. The van der Waals surface area contributed by atoms with Crippen LogP contribution in [0.25, 0.3) is 0 Å². The minimum absolute atomic E-state index is 0.0500. The zero-order valence-corrected chi connectivity index (χ0v) is 12.1. The minimum atomic E-state index is -0.209. The monoisotopic (exact) mass is 275 g/mol. The fourth-order valence-electron chi connectivity index (χ4n) is 2.15. The second-order valence-electron chi connectivity index (χ2n) is 4.52. The predicted molar refractivity (Wildman–Crippen MR) is 78.2 cm³/mol. The average Bonchev–Trinajstić information content (AvgIpc) is 2.85. The molecule has 2 rings (SSSR count). The first kappa shape index (κ1) is 16.0. The van der Waals surface area contributed by atoms with E-state index in [1.54, 1.807) is 18.2 Å². The van der Waals surface area contributed by atoms with Crippen molar-refractivity contribution < 1.29 is 9.90 Å². The molecule has 0 radical (unpaired) electrons. The lowest BCUT2D eigenvalue weighted by Gasteiger charge is -2.12. The molecule has 1 aliphatic heterocycles. The predicted octanol–water partition coefficient (Wildman–Crippen LogP) is 2.20. The Bertz CT molecular complexity index is 496. The molecular weight excluding hydrogens is 254 g/mol. The van der Waals surface area contributed by atoms with Gasteiger partial charge in [0.1, 0.15) is 5.75 Å². The summed E-state index contributed by atoms with van der Waals surface area (Å²) in [5, 5.41) is 21.2. The number of amides is 1. The van der Waals surface area contributed by atoms with Gasteiger partial charge in [-0.05, 0) is 25.6 Å². The molecule has 1 amide bonds. The standard InChI is InChI=1S/C13H15N3O2.C2H6/c1-16-8-9(6-10(16)7-14)13(18)15-11-4-2-3-5-12(11)17;1-2/h2-5,9-10,17H,6,8H2,1H3,(H,15,18);1-2H3. The van der Waals surface area contributed by atoms with Crippen molar-refractivity contribution in [2.45, 2.75) is 26.3 Å². The molecule has 1 saturated heterocycles. The van der Waals surface area contributed by atoms with Crippen molar-refractivity contribution in [2.24, 2.45) is 5.92 Å². The Kier molecular flexibility index (Phi) is 6.01. The highest BCUT2D eigenvalue weighted by Crippen LogP contribution is 2.26. The van der Waals surface area contributed by atoms with Crippen molar-refractivity contribution in [2.75, 3.05) is 18.9 Å². The van der Waals surface area contributed by atoms with Crippen molar-refractivity contribution in [3.05, 3.63) is 24.3 Å². The van der Waals surface area contributed by atoms with Crippen molar-refractivity contribution in [3.63, 3.8) is 0 Å². The van der Waals surface area contributed by atoms with E-state index in [0.717, 1.165) is 0 Å². The molecule has 1 aliphatic rings. The largest absolute Gasteiger partial charge is 0.506 e. The molecule has 0 spiro atoms. The van der Waals surface area contributed by atoms with Crippen LogP contribution in [0.5, 0.6) is 5.75 Å². The highest BCUT2D eigenvalue weighted by Gasteiger charge is 2.34. The molecule has 0 aliphatic carbocycles. The number of hydrogen-bond donors (Lipinski definition) is 2. The molecule has 5 heteroatoms. The highest BCUT2D eigenvalue weighted by atomic mass is 16.3. The summed E-state index contributed by atoms with van der Waals surface area (Å²) in [6.45, 7) is 4.57. The normalized spacial score (nSPS) is 21.5. The summed E-state index contributed by atoms with van der Waals surface area (Å²) < 4.78 is 0. The number of rotatable bonds is 2. The zero-order valence-electron chi connectivity index (χ0n) is 12.1. The van der Waals surface area contributed by atoms with Crippen molar-refractivity contribution in [3.8, 4) is 11.8 Å². The van der Waals surface area contributed by atoms with E-state index in [1.807, 2.05) is 25.8 Å². The quantitative estimate of drug-likeness (QED) is 0.811. The van der Waals surface area contributed by atoms with Crippen molar-refractivity contribution in [1.29, 1.82) is 5.26 Å². The molecule has 0 aromatic heterocycles. The molecule has 1 heterocycles. The van der Waals surface area contributed by atoms with Crippen LogP contribution in [0.4, 0.5) is 5.69 Å². The topological polar surface area (TPSA) is 76.4 Å². The van der Waals surface area contributed by atoms with Gasteiger partial charge in [0, 0.05) is 6.54 Å². The maximum Gasteiger partial charge on any atom is 0.228 e. The first-order valence-corrected chi connectivity index (χ1v) is 6.80. The molecule has 20 heavy (non-hydrogen) atoms. The van der Waals surface area contributed by atoms with Crippen LogP contribution in [0.3, 0.4) is 0 Å². The Morgan fingerprint density at radius 3 is 2.65 bits per heavy atom. The van der Waals surface area contributed by atoms with Gasteiger partial charge >= 0.3 is 0 Å². The third kappa shape index (κ3) is 3.72. The van der Waals surface area contributed by atoms with Gasteiger partial charge in [0.25, 0.3) is 0 Å². The van der Waals surface area contributed by atoms with E-state index >= 15 is 0 Å². The van der Waals surface area contributed by atoms with Crippen LogP contribution >= 0.6 is 0 Å². The molecule has 5 nitrogen and oxygen atoms in total. The van der Waals surface area contributed by atoms with Gasteiger partial charge in [-0.1, -0.05) is 26.0 Å². The number of nitriles is 1. The van der Waals surface area contributed by atoms with E-state index in [2.05, 4.69) is 11.4 Å². The van der Waals surface area contributed by atoms with Crippen molar-refractivity contribution >= 4 is 11.6 Å². The van der Waals surface area contributed by atoms with Gasteiger partial charge in [-0.3, -0.25) is 9.69 Å². The number of phenolic OH excluding ortho intramolecular Hbond substituents is 1. The number of carbonyl (C=O) groups is 1. The number of benzene rings is 1. The lowest BCUT2D eigenvalue weighted by Crippen LogP contribution is -2.26. The summed E-state index contributed by atoms with van der Waals surface area (Å²) in [6.07, 6.45) is 0.534. The van der Waals surface area contributed by atoms with E-state index in [1.165, 1.54) is 6.07 Å². The number of nitrogens with zero attached hydrogens (tertiary/aromatic N) is 2. The van der Waals surface area contributed by atoms with E-state index in [0.29, 0.717) is 18.7 Å². The van der Waals surface area contributed by atoms with E-state index < -0.39 is 0 Å². The summed E-state index contributed by atoms with van der Waals surface area (Å²) in [4.78, 5) is 13.9. The number of aromatic hydroxyl groups is 1. The molecule has 1 aromatic rings. The molecule has 0 saturated carbocycles. The van der Waals surface area contributed by atoms with Crippen LogP contribution in [0, 0.1) is 17.2 Å².